The van der Waals surface area contributed by atoms with Crippen LogP contribution in [0.2, 0.25) is 0 Å². The Hall–Kier alpha value is -13.2. The predicted octanol–water partition coefficient (Wildman–Crippen LogP) is 28.2. The van der Waals surface area contributed by atoms with Crippen molar-refractivity contribution in [2.75, 3.05) is 0 Å². The number of thiophene rings is 1. The summed E-state index contributed by atoms with van der Waals surface area (Å²) >= 11 is 1.91. The van der Waals surface area contributed by atoms with E-state index in [-0.39, 0.29) is 0 Å². The van der Waals surface area contributed by atoms with Gasteiger partial charge in [0.05, 0.1) is 22.1 Å². The number of benzene rings is 18. The van der Waals surface area contributed by atoms with E-state index in [0.717, 1.165) is 5.69 Å². The lowest BCUT2D eigenvalue weighted by molar-refractivity contribution is 1.18. The van der Waals surface area contributed by atoms with Gasteiger partial charge in [-0.25, -0.2) is 0 Å². The topological polar surface area (TPSA) is 9.86 Å². The molecule has 0 spiro atoms. The second kappa shape index (κ2) is 24.9. The molecule has 480 valence electrons. The molecule has 0 atom stereocenters. The van der Waals surface area contributed by atoms with Crippen LogP contribution in [0.1, 0.15) is 0 Å². The van der Waals surface area contributed by atoms with Crippen molar-refractivity contribution in [2.45, 2.75) is 0 Å². The molecule has 3 heterocycles. The van der Waals surface area contributed by atoms with Gasteiger partial charge in [-0.15, -0.1) is 11.3 Å². The van der Waals surface area contributed by atoms with E-state index >= 15 is 0 Å². The second-order valence-electron chi connectivity index (χ2n) is 26.9. The predicted molar refractivity (Wildman–Crippen MR) is 443 cm³/mol. The molecule has 0 aliphatic rings. The largest absolute Gasteiger partial charge is 0.309 e. The minimum absolute atomic E-state index is 1.15. The molecule has 21 rings (SSSR count). The number of hydrogen-bond donors (Lipinski definition) is 0. The van der Waals surface area contributed by atoms with E-state index in [2.05, 4.69) is 397 Å². The maximum atomic E-state index is 2.43. The quantitative estimate of drug-likeness (QED) is 0.128. The zero-order valence-corrected chi connectivity index (χ0v) is 57.1. The maximum absolute atomic E-state index is 2.43. The van der Waals surface area contributed by atoms with Crippen LogP contribution in [-0.4, -0.2) is 9.13 Å². The number of para-hydroxylation sites is 3. The van der Waals surface area contributed by atoms with Gasteiger partial charge in [0, 0.05) is 53.1 Å². The van der Waals surface area contributed by atoms with Gasteiger partial charge in [-0.3, -0.25) is 0 Å². The normalized spacial score (nSPS) is 11.7. The molecule has 0 unspecified atom stereocenters. The second-order valence-corrected chi connectivity index (χ2v) is 27.9. The summed E-state index contributed by atoms with van der Waals surface area (Å²) in [7, 11) is 0. The van der Waals surface area contributed by atoms with Crippen molar-refractivity contribution in [1.29, 1.82) is 0 Å². The summed E-state index contributed by atoms with van der Waals surface area (Å²) in [4.78, 5) is 0. The molecular weight excluding hydrogens is 1260 g/mol. The van der Waals surface area contributed by atoms with E-state index in [1.807, 2.05) is 11.3 Å². The lowest BCUT2D eigenvalue weighted by atomic mass is 9.86. The molecular formula is C100H64N2S. The van der Waals surface area contributed by atoms with Crippen LogP contribution >= 0.6 is 11.3 Å². The van der Waals surface area contributed by atoms with Gasteiger partial charge in [0.25, 0.3) is 0 Å². The lowest BCUT2D eigenvalue weighted by Gasteiger charge is -2.18. The van der Waals surface area contributed by atoms with E-state index in [1.54, 1.807) is 0 Å². The standard InChI is InChI=1S/C56H35NS.C44H29N/c1-3-15-36(16-4-1)41-24-13-26-48-49-27-14-25-42(56(49)58-55(41)48)39-31-34-52-50(35-39)43-19-11-12-28-51(43)57(52)40-32-29-38(30-33-40)54-46-22-9-7-20-44(46)53(37-17-5-2-6-18-37)45-21-8-10-23-47(45)54;1-3-13-31(14-4-1)43-36-18-7-9-20-38(36)44(39-21-10-8-19-37(39)43)32-25-23-30(24-26-32)33-27-28-42-40(29-33)35-17-11-12-22-41(35)45(42)34-15-5-2-6-16-34/h1-35H;1-29H. The highest BCUT2D eigenvalue weighted by Crippen LogP contribution is 2.49. The Morgan fingerprint density at radius 2 is 0.427 bits per heavy atom. The Morgan fingerprint density at radius 3 is 0.845 bits per heavy atom. The third-order valence-corrected chi connectivity index (χ3v) is 22.5. The van der Waals surface area contributed by atoms with Crippen LogP contribution in [0, 0.1) is 0 Å². The van der Waals surface area contributed by atoms with Crippen LogP contribution in [0.4, 0.5) is 0 Å². The van der Waals surface area contributed by atoms with Crippen molar-refractivity contribution in [1.82, 2.24) is 9.13 Å². The van der Waals surface area contributed by atoms with Gasteiger partial charge in [0.2, 0.25) is 0 Å². The van der Waals surface area contributed by atoms with Crippen LogP contribution in [0.15, 0.2) is 388 Å². The molecule has 0 N–H and O–H groups in total. The summed E-state index contributed by atoms with van der Waals surface area (Å²) in [5, 5.41) is 17.9. The first-order valence-corrected chi connectivity index (χ1v) is 36.3. The summed E-state index contributed by atoms with van der Waals surface area (Å²) in [5.41, 5.74) is 24.8. The molecule has 0 fully saturated rings. The summed E-state index contributed by atoms with van der Waals surface area (Å²) in [6.07, 6.45) is 0. The molecule has 0 amide bonds. The first kappa shape index (κ1) is 59.8. The SMILES string of the molecule is c1ccc(-c2c3ccccc3c(-c3ccc(-c4ccc5c(c4)c4ccccc4n5-c4ccccc4)cc3)c3ccccc23)cc1.c1ccc(-c2c3ccccc3c(-c3ccc(-n4c5ccccc5c5cc(-c6cccc7c6sc6c(-c8ccccc8)cccc67)ccc54)cc3)c3ccccc23)cc1. The fourth-order valence-electron chi connectivity index (χ4n) is 16.6. The fourth-order valence-corrected chi connectivity index (χ4v) is 18.0. The highest BCUT2D eigenvalue weighted by atomic mass is 32.1. The van der Waals surface area contributed by atoms with Gasteiger partial charge in [-0.2, -0.15) is 0 Å². The van der Waals surface area contributed by atoms with E-state index in [9.17, 15) is 0 Å². The van der Waals surface area contributed by atoms with Crippen molar-refractivity contribution < 1.29 is 0 Å². The Morgan fingerprint density at radius 1 is 0.155 bits per heavy atom. The van der Waals surface area contributed by atoms with Gasteiger partial charge in [-0.1, -0.05) is 328 Å². The molecule has 0 aliphatic carbocycles. The minimum atomic E-state index is 1.15. The summed E-state index contributed by atoms with van der Waals surface area (Å²) < 4.78 is 7.47. The summed E-state index contributed by atoms with van der Waals surface area (Å²) in [5.74, 6) is 0. The fraction of sp³-hybridized carbons (Fsp3) is 0. The monoisotopic (exact) mass is 1320 g/mol. The van der Waals surface area contributed by atoms with Gasteiger partial charge in [0.15, 0.2) is 0 Å². The number of nitrogens with zero attached hydrogens (tertiary/aromatic N) is 2. The zero-order valence-electron chi connectivity index (χ0n) is 56.3. The van der Waals surface area contributed by atoms with Crippen LogP contribution in [-0.2, 0) is 0 Å². The van der Waals surface area contributed by atoms with Crippen molar-refractivity contribution in [3.8, 4) is 89.3 Å². The van der Waals surface area contributed by atoms with E-state index < -0.39 is 0 Å². The number of fused-ring (bicyclic) bond motifs is 13. The summed E-state index contributed by atoms with van der Waals surface area (Å²) in [6.45, 7) is 0. The van der Waals surface area contributed by atoms with E-state index in [0.29, 0.717) is 0 Å². The lowest BCUT2D eigenvalue weighted by Crippen LogP contribution is -1.94. The third-order valence-electron chi connectivity index (χ3n) is 21.2. The molecule has 0 saturated carbocycles. The Kier molecular flexibility index (Phi) is 14.5. The van der Waals surface area contributed by atoms with Crippen molar-refractivity contribution in [3.05, 3.63) is 388 Å². The number of hydrogen-bond acceptors (Lipinski definition) is 1. The molecule has 2 nitrogen and oxygen atoms in total. The van der Waals surface area contributed by atoms with Crippen molar-refractivity contribution >= 4 is 118 Å². The first-order chi connectivity index (χ1) is 51.1. The van der Waals surface area contributed by atoms with Crippen LogP contribution in [0.25, 0.3) is 196 Å². The molecule has 103 heavy (non-hydrogen) atoms. The molecule has 3 heteroatoms. The molecule has 0 radical (unpaired) electrons. The Balaban J connectivity index is 0.000000142. The first-order valence-electron chi connectivity index (χ1n) is 35.5. The van der Waals surface area contributed by atoms with Gasteiger partial charge in [-0.05, 0) is 182 Å². The summed E-state index contributed by atoms with van der Waals surface area (Å²) in [6, 6.07) is 142. The molecule has 0 saturated heterocycles. The van der Waals surface area contributed by atoms with Crippen molar-refractivity contribution in [3.63, 3.8) is 0 Å². The average Bonchev–Trinajstić information content (AvgIpc) is 1.70. The van der Waals surface area contributed by atoms with Crippen molar-refractivity contribution in [2.24, 2.45) is 0 Å². The molecule has 18 aromatic carbocycles. The van der Waals surface area contributed by atoms with Crippen LogP contribution < -0.4 is 0 Å². The highest BCUT2D eigenvalue weighted by molar-refractivity contribution is 7.26. The van der Waals surface area contributed by atoms with E-state index in [4.69, 9.17) is 0 Å². The smallest absolute Gasteiger partial charge is 0.0541 e. The number of rotatable bonds is 9. The maximum Gasteiger partial charge on any atom is 0.0541 e. The zero-order chi connectivity index (χ0) is 67.9. The van der Waals surface area contributed by atoms with E-state index in [1.165, 1.54) is 190 Å². The van der Waals surface area contributed by atoms with Crippen LogP contribution in [0.5, 0.6) is 0 Å². The third kappa shape index (κ3) is 9.99. The molecule has 0 bridgehead atoms. The van der Waals surface area contributed by atoms with Gasteiger partial charge >= 0.3 is 0 Å². The Labute approximate surface area is 600 Å². The van der Waals surface area contributed by atoms with Gasteiger partial charge < -0.3 is 9.13 Å². The Bertz CT molecular complexity index is 6750. The molecule has 0 aliphatic heterocycles. The van der Waals surface area contributed by atoms with Crippen LogP contribution in [0.3, 0.4) is 0 Å². The molecule has 3 aromatic heterocycles. The highest BCUT2D eigenvalue weighted by Gasteiger charge is 2.22. The van der Waals surface area contributed by atoms with Gasteiger partial charge in [0.1, 0.15) is 0 Å². The molecule has 21 aromatic rings. The average molecular weight is 1330 g/mol. The minimum Gasteiger partial charge on any atom is -0.309 e. The number of aromatic nitrogens is 2.